The summed E-state index contributed by atoms with van der Waals surface area (Å²) in [6, 6.07) is 11.6. The zero-order chi connectivity index (χ0) is 20.6. The summed E-state index contributed by atoms with van der Waals surface area (Å²) in [5.74, 6) is -0.426. The molecule has 5 nitrogen and oxygen atoms in total. The van der Waals surface area contributed by atoms with E-state index in [1.165, 1.54) is 28.7 Å². The second-order valence-corrected chi connectivity index (χ2v) is 9.11. The second kappa shape index (κ2) is 12.4. The van der Waals surface area contributed by atoms with E-state index in [1.54, 1.807) is 11.8 Å². The molecule has 0 unspecified atom stereocenters. The van der Waals surface area contributed by atoms with Gasteiger partial charge < -0.3 is 10.6 Å². The van der Waals surface area contributed by atoms with Gasteiger partial charge in [-0.3, -0.25) is 0 Å². The fraction of sp³-hybridized carbons (Fsp3) is 0.350. The van der Waals surface area contributed by atoms with Gasteiger partial charge in [-0.05, 0) is 49.4 Å². The summed E-state index contributed by atoms with van der Waals surface area (Å²) in [5.41, 5.74) is 2.30. The lowest BCUT2D eigenvalue weighted by Gasteiger charge is -2.13. The number of hydrogen-bond donors (Lipinski definition) is 2. The lowest BCUT2D eigenvalue weighted by atomic mass is 10.1. The van der Waals surface area contributed by atoms with E-state index in [0.717, 1.165) is 11.6 Å². The molecule has 2 N–H and O–H groups in total. The summed E-state index contributed by atoms with van der Waals surface area (Å²) < 4.78 is 38.5. The Hall–Kier alpha value is -1.33. The molecule has 0 radical (unpaired) electrons. The first-order valence-electron chi connectivity index (χ1n) is 9.00. The summed E-state index contributed by atoms with van der Waals surface area (Å²) in [6.45, 7) is 5.24. The third kappa shape index (κ3) is 7.78. The maximum atomic E-state index is 13.8. The third-order valence-electron chi connectivity index (χ3n) is 4.03. The minimum absolute atomic E-state index is 0. The number of thioether (sulfide) groups is 1. The van der Waals surface area contributed by atoms with Crippen molar-refractivity contribution in [2.75, 3.05) is 25.1 Å². The molecule has 160 valence electrons. The van der Waals surface area contributed by atoms with Crippen molar-refractivity contribution < 1.29 is 12.8 Å². The smallest absolute Gasteiger partial charge is 0.191 e. The Balaban J connectivity index is 0.00000420. The lowest BCUT2D eigenvalue weighted by Crippen LogP contribution is -2.39. The Kier molecular flexibility index (Phi) is 11.0. The summed E-state index contributed by atoms with van der Waals surface area (Å²) in [5, 5.41) is 6.12. The molecule has 0 aliphatic carbocycles. The number of hydrogen-bond acceptors (Lipinski definition) is 4. The highest BCUT2D eigenvalue weighted by Gasteiger charge is 2.18. The molecule has 0 saturated carbocycles. The highest BCUT2D eigenvalue weighted by Crippen LogP contribution is 2.22. The minimum Gasteiger partial charge on any atom is -0.357 e. The third-order valence-corrected chi connectivity index (χ3v) is 6.59. The molecule has 0 spiro atoms. The molecular weight excluding hydrogens is 524 g/mol. The Morgan fingerprint density at radius 3 is 2.55 bits per heavy atom. The van der Waals surface area contributed by atoms with Gasteiger partial charge in [0.25, 0.3) is 0 Å². The average Bonchev–Trinajstić information content (AvgIpc) is 2.66. The normalized spacial score (nSPS) is 11.7. The van der Waals surface area contributed by atoms with Gasteiger partial charge in [0.05, 0.1) is 12.3 Å². The number of aryl methyl sites for hydroxylation is 1. The van der Waals surface area contributed by atoms with Crippen LogP contribution in [0.4, 0.5) is 4.39 Å². The van der Waals surface area contributed by atoms with Gasteiger partial charge in [0.15, 0.2) is 15.8 Å². The van der Waals surface area contributed by atoms with E-state index in [4.69, 9.17) is 0 Å². The number of rotatable bonds is 8. The molecule has 0 aliphatic heterocycles. The first kappa shape index (κ1) is 25.7. The summed E-state index contributed by atoms with van der Waals surface area (Å²) >= 11 is 1.67. The monoisotopic (exact) mass is 551 g/mol. The molecule has 0 atom stereocenters. The summed E-state index contributed by atoms with van der Waals surface area (Å²) in [7, 11) is -3.71. The molecular formula is C20H27FIN3O2S2. The molecule has 2 rings (SSSR count). The van der Waals surface area contributed by atoms with E-state index in [-0.39, 0.29) is 41.2 Å². The molecule has 0 saturated heterocycles. The van der Waals surface area contributed by atoms with Crippen LogP contribution < -0.4 is 10.6 Å². The standard InChI is InChI=1S/C20H26FN3O2S2.HI/c1-4-22-20(24-14-16-10-9-15(2)13-18(16)27-3)23-11-12-28(25,26)19-8-6-5-7-17(19)21;/h5-10,13H,4,11-12,14H2,1-3H3,(H2,22,23,24);1H. The van der Waals surface area contributed by atoms with Crippen LogP contribution in [-0.2, 0) is 16.4 Å². The molecule has 0 aliphatic rings. The van der Waals surface area contributed by atoms with Gasteiger partial charge in [-0.25, -0.2) is 17.8 Å². The van der Waals surface area contributed by atoms with Crippen LogP contribution in [0.1, 0.15) is 18.1 Å². The number of aliphatic imine (C=N–C) groups is 1. The Morgan fingerprint density at radius 1 is 1.17 bits per heavy atom. The molecule has 0 fully saturated rings. The predicted octanol–water partition coefficient (Wildman–Crippen LogP) is 4.00. The second-order valence-electron chi connectivity index (χ2n) is 6.19. The lowest BCUT2D eigenvalue weighted by molar-refractivity contribution is 0.566. The number of nitrogens with one attached hydrogen (secondary N) is 2. The van der Waals surface area contributed by atoms with Crippen molar-refractivity contribution in [3.05, 3.63) is 59.4 Å². The Labute approximate surface area is 193 Å². The topological polar surface area (TPSA) is 70.6 Å². The van der Waals surface area contributed by atoms with Crippen LogP contribution in [0.25, 0.3) is 0 Å². The number of nitrogens with zero attached hydrogens (tertiary/aromatic N) is 1. The maximum Gasteiger partial charge on any atom is 0.191 e. The average molecular weight is 551 g/mol. The zero-order valence-corrected chi connectivity index (χ0v) is 20.7. The fourth-order valence-electron chi connectivity index (χ4n) is 2.60. The molecule has 9 heteroatoms. The van der Waals surface area contributed by atoms with Gasteiger partial charge >= 0.3 is 0 Å². The summed E-state index contributed by atoms with van der Waals surface area (Å²) in [4.78, 5) is 5.44. The van der Waals surface area contributed by atoms with Gasteiger partial charge in [-0.1, -0.05) is 24.3 Å². The first-order valence-corrected chi connectivity index (χ1v) is 11.9. The van der Waals surface area contributed by atoms with E-state index in [1.807, 2.05) is 19.2 Å². The molecule has 2 aromatic carbocycles. The number of benzene rings is 2. The van der Waals surface area contributed by atoms with E-state index in [2.05, 4.69) is 34.7 Å². The number of halogens is 2. The van der Waals surface area contributed by atoms with Gasteiger partial charge in [-0.15, -0.1) is 35.7 Å². The van der Waals surface area contributed by atoms with Gasteiger partial charge in [0.2, 0.25) is 0 Å². The van der Waals surface area contributed by atoms with Gasteiger partial charge in [-0.2, -0.15) is 0 Å². The minimum atomic E-state index is -3.71. The maximum absolute atomic E-state index is 13.8. The van der Waals surface area contributed by atoms with Crippen LogP contribution in [0.5, 0.6) is 0 Å². The molecule has 0 bridgehead atoms. The Bertz CT molecular complexity index is 937. The van der Waals surface area contributed by atoms with Gasteiger partial charge in [0.1, 0.15) is 10.7 Å². The van der Waals surface area contributed by atoms with Crippen LogP contribution in [0, 0.1) is 12.7 Å². The summed E-state index contributed by atoms with van der Waals surface area (Å²) in [6.07, 6.45) is 2.03. The molecule has 0 heterocycles. The van der Waals surface area contributed by atoms with Crippen molar-refractivity contribution in [1.29, 1.82) is 0 Å². The highest BCUT2D eigenvalue weighted by molar-refractivity contribution is 14.0. The van der Waals surface area contributed by atoms with Crippen LogP contribution in [-0.4, -0.2) is 39.5 Å². The van der Waals surface area contributed by atoms with Crippen LogP contribution in [0.3, 0.4) is 0 Å². The van der Waals surface area contributed by atoms with Crippen molar-refractivity contribution in [1.82, 2.24) is 10.6 Å². The van der Waals surface area contributed by atoms with Crippen LogP contribution in [0.15, 0.2) is 57.2 Å². The van der Waals surface area contributed by atoms with Crippen molar-refractivity contribution in [3.8, 4) is 0 Å². The van der Waals surface area contributed by atoms with Crippen molar-refractivity contribution in [2.45, 2.75) is 30.2 Å². The molecule has 2 aromatic rings. The van der Waals surface area contributed by atoms with Crippen molar-refractivity contribution in [2.24, 2.45) is 4.99 Å². The van der Waals surface area contributed by atoms with E-state index < -0.39 is 15.7 Å². The van der Waals surface area contributed by atoms with Crippen molar-refractivity contribution in [3.63, 3.8) is 0 Å². The Morgan fingerprint density at radius 2 is 1.90 bits per heavy atom. The molecule has 29 heavy (non-hydrogen) atoms. The van der Waals surface area contributed by atoms with Crippen LogP contribution >= 0.6 is 35.7 Å². The van der Waals surface area contributed by atoms with E-state index in [9.17, 15) is 12.8 Å². The molecule has 0 amide bonds. The number of sulfone groups is 1. The van der Waals surface area contributed by atoms with Crippen LogP contribution in [0.2, 0.25) is 0 Å². The van der Waals surface area contributed by atoms with E-state index in [0.29, 0.717) is 19.0 Å². The van der Waals surface area contributed by atoms with E-state index >= 15 is 0 Å². The molecule has 0 aromatic heterocycles. The SMILES string of the molecule is CCNC(=NCc1ccc(C)cc1SC)NCCS(=O)(=O)c1ccccc1F.I. The quantitative estimate of drug-likeness (QED) is 0.225. The fourth-order valence-corrected chi connectivity index (χ4v) is 4.54. The highest BCUT2D eigenvalue weighted by atomic mass is 127. The zero-order valence-electron chi connectivity index (χ0n) is 16.7. The van der Waals surface area contributed by atoms with Gasteiger partial charge in [0, 0.05) is 18.0 Å². The largest absolute Gasteiger partial charge is 0.357 e. The number of guanidine groups is 1. The van der Waals surface area contributed by atoms with Crippen molar-refractivity contribution >= 4 is 51.5 Å². The predicted molar refractivity (Wildman–Crippen MR) is 130 cm³/mol. The first-order chi connectivity index (χ1) is 13.4.